The summed E-state index contributed by atoms with van der Waals surface area (Å²) in [6.45, 7) is 2.01. The molecule has 1 aromatic carbocycles. The summed E-state index contributed by atoms with van der Waals surface area (Å²) >= 11 is 0. The van der Waals surface area contributed by atoms with Gasteiger partial charge in [-0.2, -0.15) is 13.2 Å². The van der Waals surface area contributed by atoms with E-state index in [1.165, 1.54) is 4.90 Å². The topological polar surface area (TPSA) is 123 Å². The monoisotopic (exact) mass is 415 g/mol. The summed E-state index contributed by atoms with van der Waals surface area (Å²) in [4.78, 5) is 46.7. The Labute approximate surface area is 164 Å². The van der Waals surface area contributed by atoms with Crippen LogP contribution in [-0.2, 0) is 25.7 Å². The van der Waals surface area contributed by atoms with E-state index in [0.717, 1.165) is 18.7 Å². The number of likely N-dealkylation sites (tertiary alicyclic amines) is 1. The Morgan fingerprint density at radius 3 is 2.24 bits per heavy atom. The summed E-state index contributed by atoms with van der Waals surface area (Å²) in [6, 6.07) is 8.97. The molecule has 2 fully saturated rings. The molecule has 1 aromatic rings. The van der Waals surface area contributed by atoms with Gasteiger partial charge < -0.3 is 25.4 Å². The van der Waals surface area contributed by atoms with Crippen molar-refractivity contribution >= 4 is 23.6 Å². The van der Waals surface area contributed by atoms with E-state index in [1.54, 1.807) is 0 Å². The number of hydrogen-bond donors (Lipinski definition) is 2. The molecule has 0 aliphatic carbocycles. The summed E-state index contributed by atoms with van der Waals surface area (Å²) in [5.41, 5.74) is 0.963. The highest BCUT2D eigenvalue weighted by Crippen LogP contribution is 2.22. The maximum Gasteiger partial charge on any atom is 0.430 e. The fourth-order valence-electron chi connectivity index (χ4n) is 2.84. The van der Waals surface area contributed by atoms with Crippen LogP contribution in [0.5, 0.6) is 0 Å². The first-order valence-electron chi connectivity index (χ1n) is 8.87. The van der Waals surface area contributed by atoms with Gasteiger partial charge in [0.2, 0.25) is 11.7 Å². The molecule has 2 saturated heterocycles. The quantitative estimate of drug-likeness (QED) is 0.545. The van der Waals surface area contributed by atoms with Gasteiger partial charge in [0, 0.05) is 13.0 Å². The van der Waals surface area contributed by atoms with Crippen LogP contribution in [0.1, 0.15) is 18.4 Å². The number of benzene rings is 1. The highest BCUT2D eigenvalue weighted by molar-refractivity contribution is 6.38. The van der Waals surface area contributed by atoms with E-state index in [0.29, 0.717) is 19.4 Å². The van der Waals surface area contributed by atoms with Crippen LogP contribution in [0.3, 0.4) is 0 Å². The second-order valence-electron chi connectivity index (χ2n) is 6.64. The first kappa shape index (κ1) is 22.3. The molecule has 1 atom stereocenters. The molecule has 0 bridgehead atoms. The number of carboxylic acid groups (broad SMARTS) is 1. The number of alkyl halides is 3. The number of amides is 2. The van der Waals surface area contributed by atoms with Crippen molar-refractivity contribution in [2.24, 2.45) is 0 Å². The Balaban J connectivity index is 0.000000370. The maximum atomic E-state index is 12.4. The van der Waals surface area contributed by atoms with Crippen molar-refractivity contribution in [1.82, 2.24) is 10.2 Å². The van der Waals surface area contributed by atoms with Crippen LogP contribution < -0.4 is 15.7 Å². The summed E-state index contributed by atoms with van der Waals surface area (Å²) in [5.74, 6) is -4.12. The number of ketones is 1. The molecule has 0 aromatic heterocycles. The molecule has 2 aliphatic rings. The van der Waals surface area contributed by atoms with Gasteiger partial charge in [-0.25, -0.2) is 0 Å². The normalized spacial score (nSPS) is 19.1. The predicted molar refractivity (Wildman–Crippen MR) is 89.7 cm³/mol. The number of halogens is 3. The molecule has 0 saturated carbocycles. The number of nitrogens with zero attached hydrogens (tertiary/aromatic N) is 1. The largest absolute Gasteiger partial charge is 0.542 e. The van der Waals surface area contributed by atoms with Gasteiger partial charge in [-0.15, -0.1) is 0 Å². The molecule has 0 radical (unpaired) electrons. The van der Waals surface area contributed by atoms with E-state index in [9.17, 15) is 27.6 Å². The van der Waals surface area contributed by atoms with E-state index in [-0.39, 0.29) is 11.9 Å². The Morgan fingerprint density at radius 2 is 1.76 bits per heavy atom. The van der Waals surface area contributed by atoms with Crippen LogP contribution in [-0.4, -0.2) is 59.8 Å². The lowest BCUT2D eigenvalue weighted by Crippen LogP contribution is -3.00. The zero-order valence-electron chi connectivity index (χ0n) is 15.3. The third-order valence-corrected chi connectivity index (χ3v) is 4.52. The molecular formula is C18H20F3N3O5. The second-order valence-corrected chi connectivity index (χ2v) is 6.64. The van der Waals surface area contributed by atoms with Gasteiger partial charge in [-0.3, -0.25) is 14.4 Å². The molecule has 2 heterocycles. The fraction of sp³-hybridized carbons (Fsp3) is 0.444. The van der Waals surface area contributed by atoms with E-state index in [1.807, 2.05) is 30.3 Å². The molecule has 3 N–H and O–H groups in total. The minimum absolute atomic E-state index is 0.0630. The van der Waals surface area contributed by atoms with Gasteiger partial charge in [-0.05, 0) is 12.0 Å². The van der Waals surface area contributed by atoms with Crippen LogP contribution >= 0.6 is 0 Å². The summed E-state index contributed by atoms with van der Waals surface area (Å²) in [6.07, 6.45) is -4.44. The number of Topliss-reactive ketones (excluding diaryl/α,β-unsaturated/α-hetero) is 1. The van der Waals surface area contributed by atoms with Gasteiger partial charge in [0.05, 0.1) is 0 Å². The second kappa shape index (κ2) is 9.50. The van der Waals surface area contributed by atoms with E-state index >= 15 is 0 Å². The zero-order valence-corrected chi connectivity index (χ0v) is 15.3. The number of nitrogens with one attached hydrogen (secondary N) is 1. The van der Waals surface area contributed by atoms with E-state index in [4.69, 9.17) is 9.90 Å². The van der Waals surface area contributed by atoms with Crippen LogP contribution in [0.4, 0.5) is 13.2 Å². The summed E-state index contributed by atoms with van der Waals surface area (Å²) in [7, 11) is 0. The molecule has 0 unspecified atom stereocenters. The number of carbonyl (C=O) groups excluding carboxylic acids is 4. The Kier molecular flexibility index (Phi) is 7.32. The lowest BCUT2D eigenvalue weighted by atomic mass is 10.1. The van der Waals surface area contributed by atoms with Crippen molar-refractivity contribution in [3.05, 3.63) is 35.9 Å². The molecule has 2 amide bonds. The Bertz CT molecular complexity index is 766. The van der Waals surface area contributed by atoms with Crippen molar-refractivity contribution < 1.29 is 42.8 Å². The molecule has 2 aliphatic heterocycles. The summed E-state index contributed by atoms with van der Waals surface area (Å²) < 4.78 is 31.5. The average Bonchev–Trinajstić information content (AvgIpc) is 2.98. The van der Waals surface area contributed by atoms with E-state index in [2.05, 4.69) is 10.6 Å². The van der Waals surface area contributed by atoms with Crippen molar-refractivity contribution in [3.8, 4) is 0 Å². The number of carboxylic acids is 1. The molecular weight excluding hydrogens is 395 g/mol. The molecule has 8 nitrogen and oxygen atoms in total. The smallest absolute Gasteiger partial charge is 0.430 e. The van der Waals surface area contributed by atoms with Gasteiger partial charge in [0.25, 0.3) is 5.91 Å². The molecule has 158 valence electrons. The highest BCUT2D eigenvalue weighted by Gasteiger charge is 2.39. The number of nitrogens with two attached hydrogens (primary N) is 1. The SMILES string of the molecule is O=C(NC1C[NH2+]C1)C(=O)[C@H]1CCC(=O)N1Cc1ccccc1.O=C([O-])C(F)(F)F. The predicted octanol–water partition coefficient (Wildman–Crippen LogP) is -1.89. The third kappa shape index (κ3) is 6.28. The van der Waals surface area contributed by atoms with Crippen molar-refractivity contribution in [2.45, 2.75) is 37.6 Å². The lowest BCUT2D eigenvalue weighted by molar-refractivity contribution is -0.711. The number of aliphatic carboxylic acids is 1. The van der Waals surface area contributed by atoms with Gasteiger partial charge >= 0.3 is 6.18 Å². The summed E-state index contributed by atoms with van der Waals surface area (Å²) in [5, 5.41) is 13.6. The number of carbonyl (C=O) groups is 4. The van der Waals surface area contributed by atoms with Crippen molar-refractivity contribution in [3.63, 3.8) is 0 Å². The zero-order chi connectivity index (χ0) is 21.6. The first-order valence-corrected chi connectivity index (χ1v) is 8.87. The van der Waals surface area contributed by atoms with Gasteiger partial charge in [0.1, 0.15) is 31.1 Å². The Morgan fingerprint density at radius 1 is 1.17 bits per heavy atom. The van der Waals surface area contributed by atoms with Gasteiger partial charge in [0.15, 0.2) is 0 Å². The lowest BCUT2D eigenvalue weighted by Gasteiger charge is -2.26. The van der Waals surface area contributed by atoms with Crippen LogP contribution in [0.25, 0.3) is 0 Å². The number of quaternary nitrogens is 1. The average molecular weight is 415 g/mol. The van der Waals surface area contributed by atoms with Crippen LogP contribution in [0.2, 0.25) is 0 Å². The molecule has 0 spiro atoms. The first-order chi connectivity index (χ1) is 13.6. The minimum Gasteiger partial charge on any atom is -0.542 e. The Hall–Kier alpha value is -2.95. The highest BCUT2D eigenvalue weighted by atomic mass is 19.4. The fourth-order valence-corrected chi connectivity index (χ4v) is 2.84. The van der Waals surface area contributed by atoms with Gasteiger partial charge in [-0.1, -0.05) is 30.3 Å². The third-order valence-electron chi connectivity index (χ3n) is 4.52. The molecule has 11 heteroatoms. The molecule has 3 rings (SSSR count). The number of rotatable bonds is 5. The minimum atomic E-state index is -5.19. The maximum absolute atomic E-state index is 12.4. The van der Waals surface area contributed by atoms with Crippen molar-refractivity contribution in [1.29, 1.82) is 0 Å². The van der Waals surface area contributed by atoms with E-state index < -0.39 is 29.9 Å². The number of hydrogen-bond acceptors (Lipinski definition) is 5. The standard InChI is InChI=1S/C16H19N3O3.C2HF3O2/c20-14-7-6-13(15(21)16(22)18-12-8-17-9-12)19(14)10-11-4-2-1-3-5-11;3-2(4,5)1(6)7/h1-5,12-13,17H,6-10H2,(H,18,22);(H,6,7)/t13-;/m1./s1. The van der Waals surface area contributed by atoms with Crippen LogP contribution in [0.15, 0.2) is 30.3 Å². The molecule has 29 heavy (non-hydrogen) atoms. The van der Waals surface area contributed by atoms with Crippen LogP contribution in [0, 0.1) is 0 Å². The van der Waals surface area contributed by atoms with Crippen molar-refractivity contribution in [2.75, 3.05) is 13.1 Å².